The summed E-state index contributed by atoms with van der Waals surface area (Å²) in [7, 11) is 0. The monoisotopic (exact) mass is 201 g/mol. The summed E-state index contributed by atoms with van der Waals surface area (Å²) in [5.74, 6) is 0. The molecule has 4 nitrogen and oxygen atoms in total. The van der Waals surface area contributed by atoms with E-state index < -0.39 is 5.09 Å². The van der Waals surface area contributed by atoms with Crippen LogP contribution < -0.4 is 0 Å². The Hall–Kier alpha value is -1.10. The molecule has 0 N–H and O–H groups in total. The Bertz CT molecular complexity index is 289. The normalized spacial score (nSPS) is 10.0. The zero-order chi connectivity index (χ0) is 9.84. The summed E-state index contributed by atoms with van der Waals surface area (Å²) < 4.78 is 0. The second kappa shape index (κ2) is 4.23. The molecule has 0 aliphatic heterocycles. The molecule has 1 aromatic heterocycles. The third-order valence-electron chi connectivity index (χ3n) is 1.76. The van der Waals surface area contributed by atoms with Crippen molar-refractivity contribution in [2.45, 2.75) is 20.3 Å². The predicted molar refractivity (Wildman–Crippen MR) is 50.4 cm³/mol. The van der Waals surface area contributed by atoms with Crippen molar-refractivity contribution in [3.8, 4) is 0 Å². The van der Waals surface area contributed by atoms with Crippen LogP contribution in [0.3, 0.4) is 0 Å². The van der Waals surface area contributed by atoms with Crippen LogP contribution in [-0.2, 0) is 11.3 Å². The Morgan fingerprint density at radius 2 is 2.31 bits per heavy atom. The van der Waals surface area contributed by atoms with Crippen molar-refractivity contribution in [3.05, 3.63) is 31.5 Å². The molecule has 0 aliphatic carbocycles. The van der Waals surface area contributed by atoms with E-state index in [0.29, 0.717) is 6.42 Å². The van der Waals surface area contributed by atoms with Crippen molar-refractivity contribution < 1.29 is 9.92 Å². The van der Waals surface area contributed by atoms with E-state index in [4.69, 9.17) is 0 Å². The molecule has 0 radical (unpaired) electrons. The number of aryl methyl sites for hydroxylation is 2. The number of hydrogen-bond donors (Lipinski definition) is 0. The Kier molecular flexibility index (Phi) is 3.25. The van der Waals surface area contributed by atoms with Gasteiger partial charge in [-0.15, -0.1) is 21.5 Å². The summed E-state index contributed by atoms with van der Waals surface area (Å²) in [5.41, 5.74) is 1.24. The van der Waals surface area contributed by atoms with Gasteiger partial charge in [0.05, 0.1) is 0 Å². The fourth-order valence-electron chi connectivity index (χ4n) is 0.994. The molecular weight excluding hydrogens is 190 g/mol. The molecule has 5 heteroatoms. The van der Waals surface area contributed by atoms with Crippen LogP contribution in [0.4, 0.5) is 0 Å². The molecule has 1 rings (SSSR count). The minimum absolute atomic E-state index is 0.145. The maximum atomic E-state index is 9.85. The van der Waals surface area contributed by atoms with E-state index in [9.17, 15) is 10.1 Å². The molecule has 0 atom stereocenters. The Morgan fingerprint density at radius 3 is 2.77 bits per heavy atom. The number of nitrogens with zero attached hydrogens (tertiary/aromatic N) is 1. The van der Waals surface area contributed by atoms with E-state index in [2.05, 4.69) is 4.84 Å². The zero-order valence-corrected chi connectivity index (χ0v) is 8.39. The third kappa shape index (κ3) is 3.02. The third-order valence-corrected chi connectivity index (χ3v) is 2.97. The van der Waals surface area contributed by atoms with Gasteiger partial charge >= 0.3 is 0 Å². The molecule has 0 saturated heterocycles. The van der Waals surface area contributed by atoms with E-state index in [1.807, 2.05) is 19.9 Å². The molecule has 0 amide bonds. The van der Waals surface area contributed by atoms with Crippen LogP contribution in [0, 0.1) is 24.0 Å². The van der Waals surface area contributed by atoms with Crippen LogP contribution in [0.15, 0.2) is 6.07 Å². The van der Waals surface area contributed by atoms with Crippen LogP contribution in [0.25, 0.3) is 0 Å². The summed E-state index contributed by atoms with van der Waals surface area (Å²) in [6, 6.07) is 2.04. The molecule has 0 aliphatic rings. The van der Waals surface area contributed by atoms with Crippen LogP contribution in [0.1, 0.15) is 15.3 Å². The van der Waals surface area contributed by atoms with Gasteiger partial charge in [0.15, 0.2) is 0 Å². The first-order chi connectivity index (χ1) is 6.09. The van der Waals surface area contributed by atoms with Crippen molar-refractivity contribution in [3.63, 3.8) is 0 Å². The summed E-state index contributed by atoms with van der Waals surface area (Å²) in [6.07, 6.45) is 0.611. The van der Waals surface area contributed by atoms with Gasteiger partial charge in [-0.3, -0.25) is 0 Å². The predicted octanol–water partition coefficient (Wildman–Crippen LogP) is 2.12. The van der Waals surface area contributed by atoms with Gasteiger partial charge in [0.2, 0.25) is 0 Å². The molecule has 0 unspecified atom stereocenters. The maximum absolute atomic E-state index is 9.85. The quantitative estimate of drug-likeness (QED) is 0.553. The first kappa shape index (κ1) is 9.98. The summed E-state index contributed by atoms with van der Waals surface area (Å²) in [4.78, 5) is 16.5. The van der Waals surface area contributed by atoms with Crippen molar-refractivity contribution in [1.82, 2.24) is 0 Å². The molecule has 0 bridgehead atoms. The summed E-state index contributed by atoms with van der Waals surface area (Å²) in [6.45, 7) is 4.22. The minimum atomic E-state index is -0.757. The average molecular weight is 201 g/mol. The van der Waals surface area contributed by atoms with Gasteiger partial charge in [-0.05, 0) is 25.5 Å². The second-order valence-corrected chi connectivity index (χ2v) is 4.10. The fraction of sp³-hybridized carbons (Fsp3) is 0.500. The maximum Gasteiger partial charge on any atom is 0.294 e. The summed E-state index contributed by atoms with van der Waals surface area (Å²) >= 11 is 1.66. The highest BCUT2D eigenvalue weighted by atomic mass is 32.1. The van der Waals surface area contributed by atoms with Gasteiger partial charge in [-0.2, -0.15) is 0 Å². The van der Waals surface area contributed by atoms with Crippen molar-refractivity contribution >= 4 is 11.3 Å². The van der Waals surface area contributed by atoms with E-state index in [-0.39, 0.29) is 6.61 Å². The Morgan fingerprint density at radius 1 is 1.62 bits per heavy atom. The van der Waals surface area contributed by atoms with E-state index >= 15 is 0 Å². The standard InChI is InChI=1S/C8H11NO3S/c1-6-5-8(13-7(6)2)3-4-12-9(10)11/h5H,3-4H2,1-2H3. The van der Waals surface area contributed by atoms with Gasteiger partial charge in [0.1, 0.15) is 6.61 Å². The topological polar surface area (TPSA) is 52.4 Å². The lowest BCUT2D eigenvalue weighted by atomic mass is 10.2. The minimum Gasteiger partial charge on any atom is -0.314 e. The van der Waals surface area contributed by atoms with E-state index in [1.165, 1.54) is 10.4 Å². The zero-order valence-electron chi connectivity index (χ0n) is 7.57. The van der Waals surface area contributed by atoms with E-state index in [1.54, 1.807) is 11.3 Å². The van der Waals surface area contributed by atoms with Crippen LogP contribution >= 0.6 is 11.3 Å². The smallest absolute Gasteiger partial charge is 0.294 e. The molecule has 13 heavy (non-hydrogen) atoms. The molecule has 0 fully saturated rings. The Labute approximate surface area is 80.3 Å². The van der Waals surface area contributed by atoms with Gasteiger partial charge in [-0.25, -0.2) is 0 Å². The van der Waals surface area contributed by atoms with Crippen LogP contribution in [0.2, 0.25) is 0 Å². The van der Waals surface area contributed by atoms with Crippen LogP contribution in [-0.4, -0.2) is 11.7 Å². The summed E-state index contributed by atoms with van der Waals surface area (Å²) in [5, 5.41) is 9.09. The molecule has 1 heterocycles. The largest absolute Gasteiger partial charge is 0.314 e. The number of hydrogen-bond acceptors (Lipinski definition) is 4. The van der Waals surface area contributed by atoms with E-state index in [0.717, 1.165) is 4.88 Å². The molecule has 0 aromatic carbocycles. The Balaban J connectivity index is 2.41. The number of rotatable bonds is 4. The first-order valence-corrected chi connectivity index (χ1v) is 4.74. The van der Waals surface area contributed by atoms with Gasteiger partial charge < -0.3 is 4.84 Å². The average Bonchev–Trinajstić information content (AvgIpc) is 2.30. The lowest BCUT2D eigenvalue weighted by Crippen LogP contribution is -2.03. The lowest BCUT2D eigenvalue weighted by molar-refractivity contribution is -0.757. The fourth-order valence-corrected chi connectivity index (χ4v) is 2.03. The van der Waals surface area contributed by atoms with Crippen molar-refractivity contribution in [2.24, 2.45) is 0 Å². The molecule has 72 valence electrons. The van der Waals surface area contributed by atoms with Gasteiger partial charge in [0.25, 0.3) is 5.09 Å². The van der Waals surface area contributed by atoms with Crippen LogP contribution in [0.5, 0.6) is 0 Å². The van der Waals surface area contributed by atoms with Crippen molar-refractivity contribution in [1.29, 1.82) is 0 Å². The second-order valence-electron chi connectivity index (χ2n) is 2.76. The molecule has 0 saturated carbocycles. The van der Waals surface area contributed by atoms with Crippen molar-refractivity contribution in [2.75, 3.05) is 6.61 Å². The van der Waals surface area contributed by atoms with Gasteiger partial charge in [-0.1, -0.05) is 0 Å². The molecule has 1 aromatic rings. The lowest BCUT2D eigenvalue weighted by Gasteiger charge is -1.94. The van der Waals surface area contributed by atoms with Gasteiger partial charge in [0, 0.05) is 16.2 Å². The first-order valence-electron chi connectivity index (χ1n) is 3.93. The number of thiophene rings is 1. The molecule has 0 spiro atoms. The highest BCUT2D eigenvalue weighted by Gasteiger charge is 2.02. The highest BCUT2D eigenvalue weighted by Crippen LogP contribution is 2.20. The molecular formula is C8H11NO3S. The highest BCUT2D eigenvalue weighted by molar-refractivity contribution is 7.12. The SMILES string of the molecule is Cc1cc(CCO[N+](=O)[O-])sc1C.